The topological polar surface area (TPSA) is 41.5 Å². The van der Waals surface area contributed by atoms with Crippen LogP contribution >= 0.6 is 0 Å². The van der Waals surface area contributed by atoms with Crippen molar-refractivity contribution in [3.05, 3.63) is 46.5 Å². The number of aryl methyl sites for hydroxylation is 2. The normalized spacial score (nSPS) is 24.9. The summed E-state index contributed by atoms with van der Waals surface area (Å²) in [5, 5.41) is 0. The molecule has 5 heteroatoms. The van der Waals surface area contributed by atoms with E-state index in [1.165, 1.54) is 39.5 Å². The summed E-state index contributed by atoms with van der Waals surface area (Å²) in [6.45, 7) is 9.29. The van der Waals surface area contributed by atoms with Crippen LogP contribution in [0.1, 0.15) is 35.0 Å². The molecular weight excluding hydrogens is 336 g/mol. The van der Waals surface area contributed by atoms with Gasteiger partial charge in [-0.25, -0.2) is 0 Å². The van der Waals surface area contributed by atoms with Crippen molar-refractivity contribution in [2.75, 3.05) is 43.7 Å². The Labute approximate surface area is 161 Å². The summed E-state index contributed by atoms with van der Waals surface area (Å²) in [6.07, 6.45) is 6.05. The Bertz CT molecular complexity index is 936. The van der Waals surface area contributed by atoms with E-state index in [0.29, 0.717) is 0 Å². The predicted molar refractivity (Wildman–Crippen MR) is 108 cm³/mol. The lowest BCUT2D eigenvalue weighted by Gasteiger charge is -2.45. The maximum Gasteiger partial charge on any atom is 0.0920 e. The highest BCUT2D eigenvalue weighted by molar-refractivity contribution is 5.68. The highest BCUT2D eigenvalue weighted by Crippen LogP contribution is 2.47. The second-order valence-electron chi connectivity index (χ2n) is 9.14. The quantitative estimate of drug-likeness (QED) is 0.820. The van der Waals surface area contributed by atoms with Gasteiger partial charge in [-0.3, -0.25) is 9.97 Å². The van der Waals surface area contributed by atoms with Gasteiger partial charge in [0.25, 0.3) is 0 Å². The van der Waals surface area contributed by atoms with E-state index in [9.17, 15) is 0 Å². The Morgan fingerprint density at radius 2 is 1.93 bits per heavy atom. The van der Waals surface area contributed by atoms with Crippen LogP contribution in [0, 0.1) is 13.8 Å². The van der Waals surface area contributed by atoms with Crippen LogP contribution in [0.4, 0.5) is 11.4 Å². The molecule has 0 radical (unpaired) electrons. The molecule has 2 aromatic heterocycles. The van der Waals surface area contributed by atoms with Gasteiger partial charge in [0.1, 0.15) is 0 Å². The number of fused-ring (bicyclic) bond motifs is 2. The molecular formula is C22H28N4O. The number of pyridine rings is 2. The summed E-state index contributed by atoms with van der Waals surface area (Å²) in [5.74, 6) is 0. The van der Waals surface area contributed by atoms with Crippen molar-refractivity contribution in [2.45, 2.75) is 44.6 Å². The third-order valence-electron chi connectivity index (χ3n) is 6.87. The van der Waals surface area contributed by atoms with E-state index in [-0.39, 0.29) is 11.0 Å². The molecule has 0 aromatic carbocycles. The SMILES string of the molecule is Cc1cnc2c(c1)N(C)CC2(C)Cc1c(C)cnc2c1N(C)C1(COC1)C2. The van der Waals surface area contributed by atoms with Crippen molar-refractivity contribution >= 4 is 11.4 Å². The predicted octanol–water partition coefficient (Wildman–Crippen LogP) is 2.80. The number of nitrogens with zero attached hydrogens (tertiary/aromatic N) is 4. The number of anilines is 2. The molecule has 27 heavy (non-hydrogen) atoms. The van der Waals surface area contributed by atoms with E-state index in [1.807, 2.05) is 6.20 Å². The Balaban J connectivity index is 1.58. The lowest BCUT2D eigenvalue weighted by molar-refractivity contribution is -0.0509. The van der Waals surface area contributed by atoms with Gasteiger partial charge in [-0.05, 0) is 43.0 Å². The molecule has 3 aliphatic heterocycles. The average molecular weight is 364 g/mol. The van der Waals surface area contributed by atoms with Crippen LogP contribution in [0.5, 0.6) is 0 Å². The molecule has 1 fully saturated rings. The fourth-order valence-electron chi connectivity index (χ4n) is 5.25. The molecule has 0 bridgehead atoms. The van der Waals surface area contributed by atoms with E-state index in [1.54, 1.807) is 0 Å². The van der Waals surface area contributed by atoms with Crippen LogP contribution in [0.15, 0.2) is 18.5 Å². The summed E-state index contributed by atoms with van der Waals surface area (Å²) in [5.41, 5.74) is 9.12. The number of likely N-dealkylation sites (N-methyl/N-ethyl adjacent to an activating group) is 2. The van der Waals surface area contributed by atoms with Gasteiger partial charge in [0, 0.05) is 44.9 Å². The molecule has 2 aromatic rings. The summed E-state index contributed by atoms with van der Waals surface area (Å²) in [7, 11) is 4.40. The fourth-order valence-corrected chi connectivity index (χ4v) is 5.25. The smallest absolute Gasteiger partial charge is 0.0920 e. The van der Waals surface area contributed by atoms with E-state index in [2.05, 4.69) is 56.9 Å². The molecule has 1 saturated heterocycles. The van der Waals surface area contributed by atoms with Crippen LogP contribution in [0.2, 0.25) is 0 Å². The molecule has 3 aliphatic rings. The van der Waals surface area contributed by atoms with Crippen LogP contribution in [-0.4, -0.2) is 49.4 Å². The van der Waals surface area contributed by atoms with Crippen molar-refractivity contribution in [1.29, 1.82) is 0 Å². The first-order valence-corrected chi connectivity index (χ1v) is 9.80. The first-order valence-electron chi connectivity index (χ1n) is 9.80. The second kappa shape index (κ2) is 5.44. The number of hydrogen-bond donors (Lipinski definition) is 0. The van der Waals surface area contributed by atoms with Crippen molar-refractivity contribution in [1.82, 2.24) is 9.97 Å². The molecule has 0 N–H and O–H groups in total. The molecule has 0 aliphatic carbocycles. The molecule has 1 atom stereocenters. The Morgan fingerprint density at radius 3 is 2.63 bits per heavy atom. The van der Waals surface area contributed by atoms with Crippen molar-refractivity contribution in [3.8, 4) is 0 Å². The van der Waals surface area contributed by atoms with Gasteiger partial charge in [0.15, 0.2) is 0 Å². The summed E-state index contributed by atoms with van der Waals surface area (Å²) >= 11 is 0. The summed E-state index contributed by atoms with van der Waals surface area (Å²) in [4.78, 5) is 14.5. The Morgan fingerprint density at radius 1 is 1.15 bits per heavy atom. The van der Waals surface area contributed by atoms with Crippen LogP contribution < -0.4 is 9.80 Å². The highest BCUT2D eigenvalue weighted by Gasteiger charge is 2.50. The average Bonchev–Trinajstić information content (AvgIpc) is 3.02. The monoisotopic (exact) mass is 364 g/mol. The van der Waals surface area contributed by atoms with Gasteiger partial charge in [0.05, 0.1) is 41.5 Å². The van der Waals surface area contributed by atoms with Gasteiger partial charge in [-0.2, -0.15) is 0 Å². The molecule has 5 heterocycles. The molecule has 5 nitrogen and oxygen atoms in total. The largest absolute Gasteiger partial charge is 0.376 e. The minimum absolute atomic E-state index is 0.00434. The third-order valence-corrected chi connectivity index (χ3v) is 6.87. The van der Waals surface area contributed by atoms with Gasteiger partial charge < -0.3 is 14.5 Å². The first-order chi connectivity index (χ1) is 12.8. The van der Waals surface area contributed by atoms with E-state index >= 15 is 0 Å². The Hall–Kier alpha value is -2.14. The molecule has 1 unspecified atom stereocenters. The first kappa shape index (κ1) is 17.0. The van der Waals surface area contributed by atoms with Crippen molar-refractivity contribution in [3.63, 3.8) is 0 Å². The number of ether oxygens (including phenoxy) is 1. The lowest BCUT2D eigenvalue weighted by Crippen LogP contribution is -2.60. The highest BCUT2D eigenvalue weighted by atomic mass is 16.5. The molecule has 0 amide bonds. The van der Waals surface area contributed by atoms with Crippen LogP contribution in [0.25, 0.3) is 0 Å². The summed E-state index contributed by atoms with van der Waals surface area (Å²) < 4.78 is 5.57. The molecule has 5 rings (SSSR count). The molecule has 0 saturated carbocycles. The number of rotatable bonds is 2. The van der Waals surface area contributed by atoms with Gasteiger partial charge in [-0.15, -0.1) is 0 Å². The number of hydrogen-bond acceptors (Lipinski definition) is 5. The summed E-state index contributed by atoms with van der Waals surface area (Å²) in [6, 6.07) is 2.27. The minimum atomic E-state index is 0.00434. The zero-order valence-corrected chi connectivity index (χ0v) is 17.0. The number of aromatic nitrogens is 2. The van der Waals surface area contributed by atoms with Gasteiger partial charge in [-0.1, -0.05) is 6.92 Å². The van der Waals surface area contributed by atoms with E-state index in [0.717, 1.165) is 32.6 Å². The minimum Gasteiger partial charge on any atom is -0.376 e. The van der Waals surface area contributed by atoms with Crippen molar-refractivity contribution < 1.29 is 4.74 Å². The van der Waals surface area contributed by atoms with E-state index < -0.39 is 0 Å². The third kappa shape index (κ3) is 2.27. The second-order valence-corrected chi connectivity index (χ2v) is 9.14. The molecule has 142 valence electrons. The maximum absolute atomic E-state index is 5.57. The van der Waals surface area contributed by atoms with Crippen LogP contribution in [0.3, 0.4) is 0 Å². The van der Waals surface area contributed by atoms with Gasteiger partial charge >= 0.3 is 0 Å². The Kier molecular flexibility index (Phi) is 3.43. The van der Waals surface area contributed by atoms with E-state index in [4.69, 9.17) is 14.7 Å². The fraction of sp³-hybridized carbons (Fsp3) is 0.545. The van der Waals surface area contributed by atoms with Gasteiger partial charge in [0.2, 0.25) is 0 Å². The zero-order chi connectivity index (χ0) is 19.0. The zero-order valence-electron chi connectivity index (χ0n) is 17.0. The standard InChI is InChI=1S/C22H28N4O/c1-14-6-18-20(24-9-14)21(3,11-25(18)4)7-16-15(2)10-23-17-8-22(12-27-13-22)26(5)19(16)17/h6,9-10H,7-8,11-13H2,1-5H3. The molecule has 1 spiro atoms. The van der Waals surface area contributed by atoms with Crippen LogP contribution in [-0.2, 0) is 23.0 Å². The lowest BCUT2D eigenvalue weighted by atomic mass is 9.80. The maximum atomic E-state index is 5.57. The van der Waals surface area contributed by atoms with Crippen molar-refractivity contribution in [2.24, 2.45) is 0 Å².